The summed E-state index contributed by atoms with van der Waals surface area (Å²) in [4.78, 5) is 15.8. The van der Waals surface area contributed by atoms with E-state index in [1.807, 2.05) is 37.3 Å². The van der Waals surface area contributed by atoms with E-state index < -0.39 is 0 Å². The second-order valence-corrected chi connectivity index (χ2v) is 5.35. The van der Waals surface area contributed by atoms with Gasteiger partial charge in [-0.3, -0.25) is 0 Å². The van der Waals surface area contributed by atoms with Crippen LogP contribution in [0.15, 0.2) is 59.1 Å². The lowest BCUT2D eigenvalue weighted by atomic mass is 10.1. The average Bonchev–Trinajstić information content (AvgIpc) is 3.03. The van der Waals surface area contributed by atoms with Gasteiger partial charge in [0.2, 0.25) is 0 Å². The zero-order valence-corrected chi connectivity index (χ0v) is 13.1. The quantitative estimate of drug-likeness (QED) is 0.683. The van der Waals surface area contributed by atoms with E-state index in [9.17, 15) is 4.79 Å². The number of esters is 1. The monoisotopic (exact) mass is 307 g/mol. The zero-order valence-electron chi connectivity index (χ0n) is 13.1. The van der Waals surface area contributed by atoms with Gasteiger partial charge in [-0.15, -0.1) is 0 Å². The van der Waals surface area contributed by atoms with Crippen molar-refractivity contribution in [3.05, 3.63) is 77.3 Å². The van der Waals surface area contributed by atoms with Crippen LogP contribution in [0.3, 0.4) is 0 Å². The third-order valence-corrected chi connectivity index (χ3v) is 3.59. The molecule has 0 fully saturated rings. The summed E-state index contributed by atoms with van der Waals surface area (Å²) in [6, 6.07) is 15.3. The molecular weight excluding hydrogens is 290 g/mol. The van der Waals surface area contributed by atoms with Crippen LogP contribution >= 0.6 is 0 Å². The third kappa shape index (κ3) is 3.48. The maximum Gasteiger partial charge on any atom is 0.337 e. The van der Waals surface area contributed by atoms with E-state index >= 15 is 0 Å². The number of carbonyl (C=O) groups excluding carboxylic acids is 1. The van der Waals surface area contributed by atoms with E-state index in [1.165, 1.54) is 12.7 Å². The Morgan fingerprint density at radius 3 is 2.65 bits per heavy atom. The lowest BCUT2D eigenvalue weighted by Crippen LogP contribution is -2.01. The minimum absolute atomic E-state index is 0.339. The van der Waals surface area contributed by atoms with Crippen LogP contribution in [0.2, 0.25) is 0 Å². The van der Waals surface area contributed by atoms with Crippen LogP contribution in [0.4, 0.5) is 0 Å². The van der Waals surface area contributed by atoms with Gasteiger partial charge in [0.1, 0.15) is 0 Å². The SMILES string of the molecule is COC(=O)c1ccc(Cc2ncc(-c3cccc(C)c3)o2)cc1. The smallest absolute Gasteiger partial charge is 0.337 e. The van der Waals surface area contributed by atoms with Crippen molar-refractivity contribution in [1.82, 2.24) is 4.98 Å². The minimum atomic E-state index is -0.339. The number of aromatic nitrogens is 1. The van der Waals surface area contributed by atoms with Crippen molar-refractivity contribution in [2.75, 3.05) is 7.11 Å². The number of hydrogen-bond donors (Lipinski definition) is 0. The molecule has 0 radical (unpaired) electrons. The van der Waals surface area contributed by atoms with Crippen LogP contribution in [-0.4, -0.2) is 18.1 Å². The average molecular weight is 307 g/mol. The highest BCUT2D eigenvalue weighted by Gasteiger charge is 2.09. The second-order valence-electron chi connectivity index (χ2n) is 5.35. The Kier molecular flexibility index (Phi) is 4.24. The maximum absolute atomic E-state index is 11.4. The molecule has 0 bridgehead atoms. The number of methoxy groups -OCH3 is 1. The number of carbonyl (C=O) groups is 1. The van der Waals surface area contributed by atoms with Crippen molar-refractivity contribution in [2.24, 2.45) is 0 Å². The van der Waals surface area contributed by atoms with Crippen LogP contribution < -0.4 is 0 Å². The number of nitrogens with zero attached hydrogens (tertiary/aromatic N) is 1. The lowest BCUT2D eigenvalue weighted by Gasteiger charge is -2.01. The van der Waals surface area contributed by atoms with Crippen LogP contribution in [0.1, 0.15) is 27.4 Å². The van der Waals surface area contributed by atoms with Crippen molar-refractivity contribution in [1.29, 1.82) is 0 Å². The molecule has 0 aliphatic carbocycles. The predicted octanol–water partition coefficient (Wildman–Crippen LogP) is 4.03. The Morgan fingerprint density at radius 1 is 1.17 bits per heavy atom. The number of aryl methyl sites for hydroxylation is 1. The van der Waals surface area contributed by atoms with Gasteiger partial charge in [-0.2, -0.15) is 0 Å². The molecule has 116 valence electrons. The standard InChI is InChI=1S/C19H17NO3/c1-13-4-3-5-16(10-13)17-12-20-18(23-17)11-14-6-8-15(9-7-14)19(21)22-2/h3-10,12H,11H2,1-2H3. The zero-order chi connectivity index (χ0) is 16.2. The molecule has 4 heteroatoms. The summed E-state index contributed by atoms with van der Waals surface area (Å²) in [5, 5.41) is 0. The summed E-state index contributed by atoms with van der Waals surface area (Å²) in [5.41, 5.74) is 3.75. The number of oxazole rings is 1. The molecule has 0 spiro atoms. The fourth-order valence-electron chi connectivity index (χ4n) is 2.37. The Balaban J connectivity index is 1.75. The first-order valence-corrected chi connectivity index (χ1v) is 7.35. The first-order valence-electron chi connectivity index (χ1n) is 7.35. The third-order valence-electron chi connectivity index (χ3n) is 3.59. The number of rotatable bonds is 4. The van der Waals surface area contributed by atoms with Gasteiger partial charge in [-0.25, -0.2) is 9.78 Å². The lowest BCUT2D eigenvalue weighted by molar-refractivity contribution is 0.0600. The van der Waals surface area contributed by atoms with Gasteiger partial charge in [-0.1, -0.05) is 35.9 Å². The minimum Gasteiger partial charge on any atom is -0.465 e. The van der Waals surface area contributed by atoms with Gasteiger partial charge in [0.15, 0.2) is 11.7 Å². The molecule has 3 aromatic rings. The fourth-order valence-corrected chi connectivity index (χ4v) is 2.37. The molecule has 0 aliphatic heterocycles. The molecule has 0 saturated heterocycles. The molecule has 3 rings (SSSR count). The highest BCUT2D eigenvalue weighted by atomic mass is 16.5. The van der Waals surface area contributed by atoms with Crippen molar-refractivity contribution >= 4 is 5.97 Å². The molecule has 1 heterocycles. The Hall–Kier alpha value is -2.88. The van der Waals surface area contributed by atoms with Gasteiger partial charge in [0.25, 0.3) is 0 Å². The molecule has 0 atom stereocenters. The molecule has 4 nitrogen and oxygen atoms in total. The van der Waals surface area contributed by atoms with Crippen LogP contribution in [-0.2, 0) is 11.2 Å². The Morgan fingerprint density at radius 2 is 1.96 bits per heavy atom. The molecule has 0 aliphatic rings. The first-order chi connectivity index (χ1) is 11.2. The second kappa shape index (κ2) is 6.48. The van der Waals surface area contributed by atoms with E-state index in [4.69, 9.17) is 4.42 Å². The van der Waals surface area contributed by atoms with Crippen LogP contribution in [0.5, 0.6) is 0 Å². The summed E-state index contributed by atoms with van der Waals surface area (Å²) in [7, 11) is 1.37. The van der Waals surface area contributed by atoms with Crippen molar-refractivity contribution in [3.8, 4) is 11.3 Å². The molecule has 0 saturated carbocycles. The maximum atomic E-state index is 11.4. The molecule has 23 heavy (non-hydrogen) atoms. The van der Waals surface area contributed by atoms with E-state index in [2.05, 4.69) is 15.8 Å². The summed E-state index contributed by atoms with van der Waals surface area (Å²) < 4.78 is 10.5. The van der Waals surface area contributed by atoms with E-state index in [0.717, 1.165) is 16.9 Å². The van der Waals surface area contributed by atoms with Gasteiger partial charge >= 0.3 is 5.97 Å². The van der Waals surface area contributed by atoms with Gasteiger partial charge in [-0.05, 0) is 30.7 Å². The summed E-state index contributed by atoms with van der Waals surface area (Å²) in [5.74, 6) is 1.07. The van der Waals surface area contributed by atoms with E-state index in [-0.39, 0.29) is 5.97 Å². The summed E-state index contributed by atoms with van der Waals surface area (Å²) in [6.07, 6.45) is 2.32. The molecular formula is C19H17NO3. The van der Waals surface area contributed by atoms with Crippen molar-refractivity contribution in [2.45, 2.75) is 13.3 Å². The fraction of sp³-hybridized carbons (Fsp3) is 0.158. The highest BCUT2D eigenvalue weighted by molar-refractivity contribution is 5.89. The number of benzene rings is 2. The molecule has 1 aromatic heterocycles. The Bertz CT molecular complexity index is 819. The number of ether oxygens (including phenoxy) is 1. The Labute approximate surface area is 134 Å². The molecule has 0 amide bonds. The van der Waals surface area contributed by atoms with Crippen molar-refractivity contribution in [3.63, 3.8) is 0 Å². The molecule has 0 N–H and O–H groups in total. The van der Waals surface area contributed by atoms with Gasteiger partial charge < -0.3 is 9.15 Å². The van der Waals surface area contributed by atoms with Crippen LogP contribution in [0.25, 0.3) is 11.3 Å². The normalized spacial score (nSPS) is 10.5. The van der Waals surface area contributed by atoms with E-state index in [0.29, 0.717) is 17.9 Å². The largest absolute Gasteiger partial charge is 0.465 e. The van der Waals surface area contributed by atoms with E-state index in [1.54, 1.807) is 18.3 Å². The van der Waals surface area contributed by atoms with Gasteiger partial charge in [0, 0.05) is 12.0 Å². The van der Waals surface area contributed by atoms with Crippen LogP contribution in [0, 0.1) is 6.92 Å². The first kappa shape index (κ1) is 15.0. The highest BCUT2D eigenvalue weighted by Crippen LogP contribution is 2.22. The van der Waals surface area contributed by atoms with Gasteiger partial charge in [0.05, 0.1) is 18.9 Å². The summed E-state index contributed by atoms with van der Waals surface area (Å²) >= 11 is 0. The number of hydrogen-bond acceptors (Lipinski definition) is 4. The van der Waals surface area contributed by atoms with Crippen molar-refractivity contribution < 1.29 is 13.9 Å². The topological polar surface area (TPSA) is 52.3 Å². The summed E-state index contributed by atoms with van der Waals surface area (Å²) in [6.45, 7) is 2.05. The molecule has 0 unspecified atom stereocenters. The molecule has 2 aromatic carbocycles. The predicted molar refractivity (Wildman–Crippen MR) is 87.3 cm³/mol.